The van der Waals surface area contributed by atoms with Crippen molar-refractivity contribution in [3.63, 3.8) is 0 Å². The van der Waals surface area contributed by atoms with E-state index in [9.17, 15) is 0 Å². The van der Waals surface area contributed by atoms with Gasteiger partial charge in [0.2, 0.25) is 0 Å². The second-order valence-corrected chi connectivity index (χ2v) is 4.93. The Morgan fingerprint density at radius 3 is 2.48 bits per heavy atom. The Labute approximate surface area is 123 Å². The largest absolute Gasteiger partial charge is 0.215 e. The summed E-state index contributed by atoms with van der Waals surface area (Å²) in [6.45, 7) is 4.11. The fourth-order valence-corrected chi connectivity index (χ4v) is 2.47. The van der Waals surface area contributed by atoms with E-state index < -0.39 is 0 Å². The van der Waals surface area contributed by atoms with Crippen LogP contribution in [-0.2, 0) is 0 Å². The molecule has 0 atom stereocenters. The standard InChI is InChI=1S/C17H14N4/c1-12-5-3-6-13(2)16(12)21-17(19-11-20-21)15-8-4-7-14(9-15)10-18/h3-9,11H,1-2H3. The summed E-state index contributed by atoms with van der Waals surface area (Å²) >= 11 is 0. The lowest BCUT2D eigenvalue weighted by Gasteiger charge is -2.12. The van der Waals surface area contributed by atoms with Gasteiger partial charge in [0.25, 0.3) is 0 Å². The highest BCUT2D eigenvalue weighted by Crippen LogP contribution is 2.24. The highest BCUT2D eigenvalue weighted by atomic mass is 15.3. The quantitative estimate of drug-likeness (QED) is 0.719. The van der Waals surface area contributed by atoms with Crippen molar-refractivity contribution in [3.05, 3.63) is 65.5 Å². The monoisotopic (exact) mass is 274 g/mol. The average Bonchev–Trinajstić information content (AvgIpc) is 2.96. The summed E-state index contributed by atoms with van der Waals surface area (Å²) in [6.07, 6.45) is 1.54. The molecule has 0 radical (unpaired) electrons. The number of aryl methyl sites for hydroxylation is 2. The fourth-order valence-electron chi connectivity index (χ4n) is 2.47. The van der Waals surface area contributed by atoms with Gasteiger partial charge in [0.1, 0.15) is 6.33 Å². The van der Waals surface area contributed by atoms with Crippen molar-refractivity contribution >= 4 is 0 Å². The van der Waals surface area contributed by atoms with Crippen LogP contribution in [0.5, 0.6) is 0 Å². The third kappa shape index (κ3) is 2.30. The number of hydrogen-bond acceptors (Lipinski definition) is 3. The molecule has 3 aromatic rings. The Morgan fingerprint density at radius 2 is 1.76 bits per heavy atom. The van der Waals surface area contributed by atoms with Crippen LogP contribution in [0.25, 0.3) is 17.1 Å². The lowest BCUT2D eigenvalue weighted by Crippen LogP contribution is -2.04. The van der Waals surface area contributed by atoms with Crippen LogP contribution in [0.2, 0.25) is 0 Å². The van der Waals surface area contributed by atoms with E-state index in [1.807, 2.05) is 28.9 Å². The minimum absolute atomic E-state index is 0.614. The molecule has 4 nitrogen and oxygen atoms in total. The van der Waals surface area contributed by atoms with E-state index >= 15 is 0 Å². The highest BCUT2D eigenvalue weighted by molar-refractivity contribution is 5.61. The molecule has 0 bridgehead atoms. The third-order valence-electron chi connectivity index (χ3n) is 3.45. The molecule has 0 amide bonds. The number of benzene rings is 2. The molecular weight excluding hydrogens is 260 g/mol. The zero-order chi connectivity index (χ0) is 14.8. The van der Waals surface area contributed by atoms with Crippen molar-refractivity contribution in [3.8, 4) is 23.1 Å². The number of nitrogens with zero attached hydrogens (tertiary/aromatic N) is 4. The molecule has 4 heteroatoms. The Hall–Kier alpha value is -2.93. The lowest BCUT2D eigenvalue weighted by molar-refractivity contribution is 0.871. The summed E-state index contributed by atoms with van der Waals surface area (Å²) in [4.78, 5) is 4.36. The van der Waals surface area contributed by atoms with E-state index in [1.54, 1.807) is 12.4 Å². The van der Waals surface area contributed by atoms with Crippen LogP contribution < -0.4 is 0 Å². The number of aromatic nitrogens is 3. The second-order valence-electron chi connectivity index (χ2n) is 4.93. The molecule has 102 valence electrons. The molecule has 0 saturated heterocycles. The molecular formula is C17H14N4. The van der Waals surface area contributed by atoms with Crippen molar-refractivity contribution in [1.29, 1.82) is 5.26 Å². The molecule has 0 aliphatic rings. The Balaban J connectivity index is 2.20. The zero-order valence-electron chi connectivity index (χ0n) is 11.9. The third-order valence-corrected chi connectivity index (χ3v) is 3.45. The van der Waals surface area contributed by atoms with Gasteiger partial charge in [-0.05, 0) is 37.1 Å². The van der Waals surface area contributed by atoms with Crippen LogP contribution in [0.4, 0.5) is 0 Å². The summed E-state index contributed by atoms with van der Waals surface area (Å²) in [5.41, 5.74) is 4.81. The van der Waals surface area contributed by atoms with Crippen molar-refractivity contribution in [1.82, 2.24) is 14.8 Å². The first kappa shape index (κ1) is 13.1. The first-order chi connectivity index (χ1) is 10.2. The van der Waals surface area contributed by atoms with Gasteiger partial charge in [-0.3, -0.25) is 0 Å². The zero-order valence-corrected chi connectivity index (χ0v) is 11.9. The van der Waals surface area contributed by atoms with Crippen molar-refractivity contribution < 1.29 is 0 Å². The Kier molecular flexibility index (Phi) is 3.25. The van der Waals surface area contributed by atoms with Crippen LogP contribution in [0.1, 0.15) is 16.7 Å². The van der Waals surface area contributed by atoms with Crippen molar-refractivity contribution in [2.24, 2.45) is 0 Å². The molecule has 0 N–H and O–H groups in total. The summed E-state index contributed by atoms with van der Waals surface area (Å²) in [5, 5.41) is 13.4. The summed E-state index contributed by atoms with van der Waals surface area (Å²) in [7, 11) is 0. The van der Waals surface area contributed by atoms with Gasteiger partial charge >= 0.3 is 0 Å². The van der Waals surface area contributed by atoms with Crippen molar-refractivity contribution in [2.75, 3.05) is 0 Å². The topological polar surface area (TPSA) is 54.5 Å². The van der Waals surface area contributed by atoms with E-state index in [4.69, 9.17) is 5.26 Å². The minimum Gasteiger partial charge on any atom is -0.215 e. The molecule has 0 fully saturated rings. The van der Waals surface area contributed by atoms with Gasteiger partial charge in [0.15, 0.2) is 5.82 Å². The minimum atomic E-state index is 0.614. The maximum absolute atomic E-state index is 9.04. The molecule has 0 unspecified atom stereocenters. The molecule has 21 heavy (non-hydrogen) atoms. The predicted octanol–water partition coefficient (Wildman–Crippen LogP) is 3.42. The van der Waals surface area contributed by atoms with Gasteiger partial charge < -0.3 is 0 Å². The molecule has 2 aromatic carbocycles. The fraction of sp³-hybridized carbons (Fsp3) is 0.118. The van der Waals surface area contributed by atoms with Gasteiger partial charge in [-0.25, -0.2) is 9.67 Å². The Morgan fingerprint density at radius 1 is 1.05 bits per heavy atom. The molecule has 1 aromatic heterocycles. The molecule has 1 heterocycles. The van der Waals surface area contributed by atoms with Gasteiger partial charge in [-0.2, -0.15) is 10.4 Å². The number of hydrogen-bond donors (Lipinski definition) is 0. The predicted molar refractivity (Wildman–Crippen MR) is 81.0 cm³/mol. The molecule has 0 aliphatic carbocycles. The molecule has 0 saturated carbocycles. The normalized spacial score (nSPS) is 10.3. The van der Waals surface area contributed by atoms with Gasteiger partial charge in [0, 0.05) is 5.56 Å². The van der Waals surface area contributed by atoms with E-state index in [1.165, 1.54) is 0 Å². The van der Waals surface area contributed by atoms with Gasteiger partial charge in [0.05, 0.1) is 17.3 Å². The maximum atomic E-state index is 9.04. The number of nitriles is 1. The first-order valence-corrected chi connectivity index (χ1v) is 6.68. The van der Waals surface area contributed by atoms with Gasteiger partial charge in [-0.15, -0.1) is 0 Å². The maximum Gasteiger partial charge on any atom is 0.163 e. The average molecular weight is 274 g/mol. The highest BCUT2D eigenvalue weighted by Gasteiger charge is 2.13. The second kappa shape index (κ2) is 5.22. The van der Waals surface area contributed by atoms with Crippen LogP contribution in [0, 0.1) is 25.2 Å². The van der Waals surface area contributed by atoms with Crippen LogP contribution in [0.3, 0.4) is 0 Å². The van der Waals surface area contributed by atoms with E-state index in [-0.39, 0.29) is 0 Å². The lowest BCUT2D eigenvalue weighted by atomic mass is 10.1. The summed E-state index contributed by atoms with van der Waals surface area (Å²) in [6, 6.07) is 15.7. The molecule has 3 rings (SSSR count). The number of para-hydroxylation sites is 1. The smallest absolute Gasteiger partial charge is 0.163 e. The SMILES string of the molecule is Cc1cccc(C)c1-n1ncnc1-c1cccc(C#N)c1. The van der Waals surface area contributed by atoms with E-state index in [0.717, 1.165) is 28.2 Å². The summed E-state index contributed by atoms with van der Waals surface area (Å²) < 4.78 is 1.83. The van der Waals surface area contributed by atoms with Crippen LogP contribution in [-0.4, -0.2) is 14.8 Å². The Bertz CT molecular complexity index is 820. The van der Waals surface area contributed by atoms with Crippen LogP contribution >= 0.6 is 0 Å². The number of rotatable bonds is 2. The first-order valence-electron chi connectivity index (χ1n) is 6.68. The molecule has 0 spiro atoms. The van der Waals surface area contributed by atoms with Crippen LogP contribution in [0.15, 0.2) is 48.8 Å². The van der Waals surface area contributed by atoms with Crippen molar-refractivity contribution in [2.45, 2.75) is 13.8 Å². The van der Waals surface area contributed by atoms with E-state index in [0.29, 0.717) is 5.56 Å². The summed E-state index contributed by atoms with van der Waals surface area (Å²) in [5.74, 6) is 0.740. The van der Waals surface area contributed by atoms with Gasteiger partial charge in [-0.1, -0.05) is 30.3 Å². The van der Waals surface area contributed by atoms with E-state index in [2.05, 4.69) is 42.1 Å². The molecule has 0 aliphatic heterocycles.